The van der Waals surface area contributed by atoms with Crippen molar-refractivity contribution in [2.45, 2.75) is 25.9 Å². The van der Waals surface area contributed by atoms with Crippen LogP contribution in [-0.4, -0.2) is 17.1 Å². The molecule has 1 aliphatic carbocycles. The molecule has 2 rings (SSSR count). The van der Waals surface area contributed by atoms with E-state index in [1.807, 2.05) is 0 Å². The lowest BCUT2D eigenvalue weighted by atomic mass is 10.3. The second-order valence-corrected chi connectivity index (χ2v) is 4.18. The van der Waals surface area contributed by atoms with Crippen LogP contribution in [0.5, 0.6) is 0 Å². The summed E-state index contributed by atoms with van der Waals surface area (Å²) in [5.41, 5.74) is 0.863. The molecular formula is C10H13ClN2O. The molecule has 2 atom stereocenters. The van der Waals surface area contributed by atoms with Gasteiger partial charge in [0.05, 0.1) is 12.3 Å². The Hall–Kier alpha value is -0.670. The molecule has 76 valence electrons. The lowest BCUT2D eigenvalue weighted by Gasteiger charge is -2.03. The summed E-state index contributed by atoms with van der Waals surface area (Å²) in [5.74, 6) is 2.07. The van der Waals surface area contributed by atoms with E-state index in [1.54, 1.807) is 13.2 Å². The molecule has 1 fully saturated rings. The van der Waals surface area contributed by atoms with Gasteiger partial charge in [-0.05, 0) is 18.4 Å². The number of halogens is 1. The van der Waals surface area contributed by atoms with E-state index in [1.165, 1.54) is 6.42 Å². The Morgan fingerprint density at radius 2 is 2.29 bits per heavy atom. The summed E-state index contributed by atoms with van der Waals surface area (Å²) < 4.78 is 5.02. The van der Waals surface area contributed by atoms with E-state index >= 15 is 0 Å². The molecule has 1 aromatic rings. The normalized spacial score (nSPS) is 25.1. The van der Waals surface area contributed by atoms with Gasteiger partial charge in [-0.15, -0.1) is 0 Å². The minimum atomic E-state index is 0.496. The number of nitrogens with zero attached hydrogens (tertiary/aromatic N) is 2. The van der Waals surface area contributed by atoms with Gasteiger partial charge in [-0.3, -0.25) is 0 Å². The smallest absolute Gasteiger partial charge is 0.133 e. The minimum Gasteiger partial charge on any atom is -0.378 e. The molecule has 0 spiro atoms. The summed E-state index contributed by atoms with van der Waals surface area (Å²) in [7, 11) is 1.65. The van der Waals surface area contributed by atoms with Crippen molar-refractivity contribution in [2.24, 2.45) is 5.92 Å². The lowest BCUT2D eigenvalue weighted by molar-refractivity contribution is 0.181. The van der Waals surface area contributed by atoms with Crippen molar-refractivity contribution in [2.75, 3.05) is 7.11 Å². The van der Waals surface area contributed by atoms with Crippen molar-refractivity contribution < 1.29 is 4.74 Å². The molecule has 2 unspecified atom stereocenters. The maximum Gasteiger partial charge on any atom is 0.133 e. The highest BCUT2D eigenvalue weighted by molar-refractivity contribution is 6.29. The predicted molar refractivity (Wildman–Crippen MR) is 54.3 cm³/mol. The van der Waals surface area contributed by atoms with Crippen LogP contribution in [0.4, 0.5) is 0 Å². The van der Waals surface area contributed by atoms with Gasteiger partial charge in [-0.1, -0.05) is 18.5 Å². The maximum absolute atomic E-state index is 5.90. The lowest BCUT2D eigenvalue weighted by Crippen LogP contribution is -2.00. The van der Waals surface area contributed by atoms with Crippen LogP contribution in [0.15, 0.2) is 6.07 Å². The van der Waals surface area contributed by atoms with Gasteiger partial charge in [0, 0.05) is 13.0 Å². The Morgan fingerprint density at radius 1 is 1.57 bits per heavy atom. The quantitative estimate of drug-likeness (QED) is 0.722. The molecule has 1 aromatic heterocycles. The van der Waals surface area contributed by atoms with Crippen molar-refractivity contribution >= 4 is 11.6 Å². The summed E-state index contributed by atoms with van der Waals surface area (Å²) >= 11 is 5.90. The number of aromatic nitrogens is 2. The average molecular weight is 213 g/mol. The van der Waals surface area contributed by atoms with Gasteiger partial charge in [0.15, 0.2) is 0 Å². The van der Waals surface area contributed by atoms with Crippen LogP contribution in [0.1, 0.15) is 30.8 Å². The van der Waals surface area contributed by atoms with E-state index in [-0.39, 0.29) is 0 Å². The molecule has 1 aliphatic rings. The second kappa shape index (κ2) is 3.83. The number of methoxy groups -OCH3 is 1. The van der Waals surface area contributed by atoms with Crippen molar-refractivity contribution in [3.8, 4) is 0 Å². The van der Waals surface area contributed by atoms with Crippen LogP contribution in [-0.2, 0) is 11.3 Å². The Bertz CT molecular complexity index is 343. The second-order valence-electron chi connectivity index (χ2n) is 3.79. The maximum atomic E-state index is 5.90. The van der Waals surface area contributed by atoms with Crippen molar-refractivity contribution in [1.29, 1.82) is 0 Å². The molecule has 0 amide bonds. The van der Waals surface area contributed by atoms with Gasteiger partial charge >= 0.3 is 0 Å². The summed E-state index contributed by atoms with van der Waals surface area (Å²) in [6.07, 6.45) is 1.17. The van der Waals surface area contributed by atoms with Crippen LogP contribution < -0.4 is 0 Å². The van der Waals surface area contributed by atoms with E-state index in [0.717, 1.165) is 11.5 Å². The summed E-state index contributed by atoms with van der Waals surface area (Å²) in [4.78, 5) is 8.64. The first-order chi connectivity index (χ1) is 6.70. The van der Waals surface area contributed by atoms with Crippen LogP contribution in [0, 0.1) is 5.92 Å². The molecule has 14 heavy (non-hydrogen) atoms. The van der Waals surface area contributed by atoms with Gasteiger partial charge in [0.25, 0.3) is 0 Å². The fraction of sp³-hybridized carbons (Fsp3) is 0.600. The highest BCUT2D eigenvalue weighted by Crippen LogP contribution is 2.45. The van der Waals surface area contributed by atoms with Gasteiger partial charge in [-0.2, -0.15) is 0 Å². The Kier molecular flexibility index (Phi) is 2.70. The Morgan fingerprint density at radius 3 is 2.86 bits per heavy atom. The fourth-order valence-corrected chi connectivity index (χ4v) is 1.77. The molecule has 0 aliphatic heterocycles. The molecule has 4 heteroatoms. The topological polar surface area (TPSA) is 35.0 Å². The first kappa shape index (κ1) is 9.87. The van der Waals surface area contributed by atoms with Crippen molar-refractivity contribution in [3.63, 3.8) is 0 Å². The van der Waals surface area contributed by atoms with Gasteiger partial charge in [0.1, 0.15) is 11.0 Å². The zero-order chi connectivity index (χ0) is 10.1. The molecule has 0 radical (unpaired) electrons. The van der Waals surface area contributed by atoms with E-state index < -0.39 is 0 Å². The van der Waals surface area contributed by atoms with Crippen molar-refractivity contribution in [1.82, 2.24) is 9.97 Å². The third kappa shape index (κ3) is 2.04. The number of ether oxygens (including phenoxy) is 1. The van der Waals surface area contributed by atoms with E-state index in [4.69, 9.17) is 16.3 Å². The first-order valence-electron chi connectivity index (χ1n) is 4.73. The molecule has 0 bridgehead atoms. The van der Waals surface area contributed by atoms with Crippen molar-refractivity contribution in [3.05, 3.63) is 22.7 Å². The molecule has 1 heterocycles. The SMILES string of the molecule is COCc1cc(Cl)nc(C2CC2C)n1. The number of hydrogen-bond acceptors (Lipinski definition) is 3. The summed E-state index contributed by atoms with van der Waals surface area (Å²) in [6, 6.07) is 1.75. The van der Waals surface area contributed by atoms with Gasteiger partial charge < -0.3 is 4.74 Å². The molecule has 0 saturated heterocycles. The third-order valence-corrected chi connectivity index (χ3v) is 2.69. The Balaban J connectivity index is 2.23. The minimum absolute atomic E-state index is 0.496. The first-order valence-corrected chi connectivity index (χ1v) is 5.11. The zero-order valence-corrected chi connectivity index (χ0v) is 9.08. The summed E-state index contributed by atoms with van der Waals surface area (Å²) in [5, 5.41) is 0.515. The monoisotopic (exact) mass is 212 g/mol. The van der Waals surface area contributed by atoms with E-state index in [0.29, 0.717) is 23.6 Å². The van der Waals surface area contributed by atoms with E-state index in [9.17, 15) is 0 Å². The Labute approximate surface area is 88.5 Å². The predicted octanol–water partition coefficient (Wildman–Crippen LogP) is 2.40. The molecule has 1 saturated carbocycles. The number of hydrogen-bond donors (Lipinski definition) is 0. The van der Waals surface area contributed by atoms with Gasteiger partial charge in [0.2, 0.25) is 0 Å². The van der Waals surface area contributed by atoms with Crippen LogP contribution in [0.25, 0.3) is 0 Å². The van der Waals surface area contributed by atoms with Gasteiger partial charge in [-0.25, -0.2) is 9.97 Å². The summed E-state index contributed by atoms with van der Waals surface area (Å²) in [6.45, 7) is 2.70. The number of rotatable bonds is 3. The van der Waals surface area contributed by atoms with E-state index in [2.05, 4.69) is 16.9 Å². The standard InChI is InChI=1S/C10H13ClN2O/c1-6-3-8(6)10-12-7(5-14-2)4-9(11)13-10/h4,6,8H,3,5H2,1-2H3. The average Bonchev–Trinajstić information content (AvgIpc) is 2.82. The molecule has 3 nitrogen and oxygen atoms in total. The molecule has 0 aromatic carbocycles. The highest BCUT2D eigenvalue weighted by atomic mass is 35.5. The zero-order valence-electron chi connectivity index (χ0n) is 8.33. The van der Waals surface area contributed by atoms with Crippen LogP contribution >= 0.6 is 11.6 Å². The van der Waals surface area contributed by atoms with Crippen LogP contribution in [0.2, 0.25) is 5.15 Å². The van der Waals surface area contributed by atoms with Crippen LogP contribution in [0.3, 0.4) is 0 Å². The largest absolute Gasteiger partial charge is 0.378 e. The molecular weight excluding hydrogens is 200 g/mol. The molecule has 0 N–H and O–H groups in total. The third-order valence-electron chi connectivity index (χ3n) is 2.50. The fourth-order valence-electron chi connectivity index (χ4n) is 1.55. The highest BCUT2D eigenvalue weighted by Gasteiger charge is 2.36.